The van der Waals surface area contributed by atoms with Gasteiger partial charge in [0.2, 0.25) is 17.7 Å². The first-order chi connectivity index (χ1) is 32.5. The molecule has 2 spiro atoms. The number of ether oxygens (including phenoxy) is 1. The first-order valence-corrected chi connectivity index (χ1v) is 24.1. The van der Waals surface area contributed by atoms with Crippen molar-refractivity contribution in [2.24, 2.45) is 16.7 Å². The van der Waals surface area contributed by atoms with Crippen molar-refractivity contribution in [3.05, 3.63) is 122 Å². The monoisotopic (exact) mass is 958 g/mol. The van der Waals surface area contributed by atoms with E-state index < -0.39 is 35.1 Å². The number of benzene rings is 4. The zero-order chi connectivity index (χ0) is 47.9. The minimum atomic E-state index is -0.894. The van der Waals surface area contributed by atoms with Gasteiger partial charge in [0.15, 0.2) is 0 Å². The predicted molar refractivity (Wildman–Crippen MR) is 257 cm³/mol. The molecular formula is C53H53Cl2FN6O6. The molecule has 0 unspecified atom stereocenters. The van der Waals surface area contributed by atoms with Crippen molar-refractivity contribution in [3.8, 4) is 17.6 Å². The Bertz CT molecular complexity index is 2860. The summed E-state index contributed by atoms with van der Waals surface area (Å²) in [5.74, 6) is 4.53. The standard InChI is InChI=1S/C53H53Cl2FN6O6/c1-51(2,3)26-42-53(28-57-39-24-32(54)14-15-36(39)53)44(34-9-6-10-37(55)45(34)56)46(59-42)48(65)58-38-16-12-30(23-41(38)68-4)49(66)61-21-19-52(20-22-61)25-31(52)13-11-29-7-5-8-33-35(29)27-62(50(33)67)40-17-18-43(63)60-47(40)64/h5-10,12,14-16,23-24,31,40,42,44,46,57,59H,17-22,25-28H2,1-4H3,(H,58,65)(H,60,63,64)/t31-,40+,42-,44-,46+,53-/m0/s1. The largest absolute Gasteiger partial charge is 0.495 e. The average molecular weight is 960 g/mol. The molecule has 0 radical (unpaired) electrons. The van der Waals surface area contributed by atoms with E-state index >= 15 is 4.39 Å². The second-order valence-electron chi connectivity index (χ2n) is 20.5. The number of nitrogens with one attached hydrogen (secondary N) is 4. The molecule has 6 atom stereocenters. The van der Waals surface area contributed by atoms with Crippen molar-refractivity contribution < 1.29 is 33.1 Å². The molecule has 5 aliphatic heterocycles. The van der Waals surface area contributed by atoms with E-state index in [-0.39, 0.29) is 64.4 Å². The molecule has 4 fully saturated rings. The van der Waals surface area contributed by atoms with E-state index in [0.29, 0.717) is 65.6 Å². The van der Waals surface area contributed by atoms with Crippen molar-refractivity contribution in [3.63, 3.8) is 0 Å². The summed E-state index contributed by atoms with van der Waals surface area (Å²) < 4.78 is 22.1. The lowest BCUT2D eigenvalue weighted by Gasteiger charge is -2.39. The lowest BCUT2D eigenvalue weighted by Crippen LogP contribution is -2.52. The maximum Gasteiger partial charge on any atom is 0.255 e. The molecule has 6 aliphatic rings. The van der Waals surface area contributed by atoms with Crippen LogP contribution in [0.4, 0.5) is 15.8 Å². The maximum absolute atomic E-state index is 16.3. The number of hydrogen-bond acceptors (Lipinski definition) is 8. The van der Waals surface area contributed by atoms with Crippen molar-refractivity contribution >= 4 is 64.1 Å². The van der Waals surface area contributed by atoms with Gasteiger partial charge in [-0.25, -0.2) is 4.39 Å². The van der Waals surface area contributed by atoms with Gasteiger partial charge in [-0.2, -0.15) is 0 Å². The van der Waals surface area contributed by atoms with Crippen molar-refractivity contribution in [1.29, 1.82) is 0 Å². The van der Waals surface area contributed by atoms with Gasteiger partial charge in [0.25, 0.3) is 11.8 Å². The Hall–Kier alpha value is -5.94. The molecule has 5 amide bonds. The third-order valence-electron chi connectivity index (χ3n) is 15.3. The third-order valence-corrected chi connectivity index (χ3v) is 15.8. The number of piperidine rings is 2. The molecule has 12 nitrogen and oxygen atoms in total. The fourth-order valence-corrected chi connectivity index (χ4v) is 12.1. The molecule has 4 N–H and O–H groups in total. The van der Waals surface area contributed by atoms with Crippen LogP contribution in [0.5, 0.6) is 5.75 Å². The number of fused-ring (bicyclic) bond motifs is 3. The Morgan fingerprint density at radius 3 is 2.53 bits per heavy atom. The van der Waals surface area contributed by atoms with E-state index in [0.717, 1.165) is 41.6 Å². The highest BCUT2D eigenvalue weighted by atomic mass is 35.5. The number of methoxy groups -OCH3 is 1. The average Bonchev–Trinajstić information content (AvgIpc) is 3.51. The van der Waals surface area contributed by atoms with Gasteiger partial charge >= 0.3 is 0 Å². The van der Waals surface area contributed by atoms with Gasteiger partial charge in [-0.05, 0) is 108 Å². The molecule has 5 heterocycles. The van der Waals surface area contributed by atoms with Crippen LogP contribution in [-0.2, 0) is 26.3 Å². The maximum atomic E-state index is 16.3. The molecule has 3 saturated heterocycles. The number of rotatable bonds is 7. The van der Waals surface area contributed by atoms with Crippen molar-refractivity contribution in [2.45, 2.75) is 95.3 Å². The van der Waals surface area contributed by atoms with E-state index in [1.807, 2.05) is 35.2 Å². The summed E-state index contributed by atoms with van der Waals surface area (Å²) in [4.78, 5) is 69.8. The number of anilines is 2. The van der Waals surface area contributed by atoms with Crippen LogP contribution in [0.1, 0.15) is 108 Å². The molecule has 68 heavy (non-hydrogen) atoms. The molecule has 0 aromatic heterocycles. The topological polar surface area (TPSA) is 149 Å². The summed E-state index contributed by atoms with van der Waals surface area (Å²) in [6, 6.07) is 19.3. The Morgan fingerprint density at radius 1 is 1.00 bits per heavy atom. The quantitative estimate of drug-likeness (QED) is 0.108. The summed E-state index contributed by atoms with van der Waals surface area (Å²) in [6.45, 7) is 8.27. The Balaban J connectivity index is 0.830. The molecule has 15 heteroatoms. The lowest BCUT2D eigenvalue weighted by molar-refractivity contribution is -0.137. The van der Waals surface area contributed by atoms with Crippen LogP contribution < -0.4 is 26.0 Å². The van der Waals surface area contributed by atoms with Crippen LogP contribution in [-0.4, -0.2) is 84.2 Å². The SMILES string of the molecule is COc1cc(C(=O)N2CCC3(CC2)C[C@@H]3C#Cc2cccc3c2CN([C@@H]2CCC(=O)NC2=O)C3=O)ccc1NC(=O)[C@@H]1N[C@@H](CC(C)(C)C)[C@@]2(CNc3cc(Cl)ccc32)[C@H]1c1cccc(Cl)c1F. The third kappa shape index (κ3) is 7.98. The molecule has 1 saturated carbocycles. The van der Waals surface area contributed by atoms with Gasteiger partial charge in [-0.15, -0.1) is 0 Å². The summed E-state index contributed by atoms with van der Waals surface area (Å²) in [5, 5.41) is 13.2. The zero-order valence-corrected chi connectivity index (χ0v) is 39.9. The Morgan fingerprint density at radius 2 is 1.78 bits per heavy atom. The number of likely N-dealkylation sites (tertiary alicyclic amines) is 1. The van der Waals surface area contributed by atoms with E-state index in [1.54, 1.807) is 41.3 Å². The number of hydrogen-bond donors (Lipinski definition) is 4. The number of halogens is 3. The van der Waals surface area contributed by atoms with Crippen LogP contribution in [0, 0.1) is 34.4 Å². The van der Waals surface area contributed by atoms with Crippen LogP contribution in [0.25, 0.3) is 0 Å². The Kier molecular flexibility index (Phi) is 11.6. The zero-order valence-electron chi connectivity index (χ0n) is 38.4. The molecule has 4 aromatic carbocycles. The summed E-state index contributed by atoms with van der Waals surface area (Å²) in [7, 11) is 1.49. The number of nitrogens with zero attached hydrogens (tertiary/aromatic N) is 2. The van der Waals surface area contributed by atoms with Crippen molar-refractivity contribution in [1.82, 2.24) is 20.4 Å². The second kappa shape index (κ2) is 17.2. The minimum absolute atomic E-state index is 0.0103. The molecule has 0 bridgehead atoms. The second-order valence-corrected chi connectivity index (χ2v) is 21.3. The normalized spacial score (nSPS) is 25.6. The molecular weight excluding hydrogens is 907 g/mol. The summed E-state index contributed by atoms with van der Waals surface area (Å²) in [6.07, 6.45) is 3.69. The summed E-state index contributed by atoms with van der Waals surface area (Å²) >= 11 is 12.9. The fraction of sp³-hybridized carbons (Fsp3) is 0.415. The smallest absolute Gasteiger partial charge is 0.255 e. The van der Waals surface area contributed by atoms with Crippen LogP contribution in [0.2, 0.25) is 10.0 Å². The summed E-state index contributed by atoms with van der Waals surface area (Å²) in [5.41, 5.74) is 4.13. The highest BCUT2D eigenvalue weighted by molar-refractivity contribution is 6.31. The molecule has 352 valence electrons. The van der Waals surface area contributed by atoms with E-state index in [1.165, 1.54) is 13.2 Å². The van der Waals surface area contributed by atoms with Crippen LogP contribution >= 0.6 is 23.2 Å². The van der Waals surface area contributed by atoms with E-state index in [9.17, 15) is 24.0 Å². The predicted octanol–water partition coefficient (Wildman–Crippen LogP) is 8.06. The fourth-order valence-electron chi connectivity index (χ4n) is 11.7. The number of imide groups is 1. The van der Waals surface area contributed by atoms with E-state index in [2.05, 4.69) is 53.9 Å². The van der Waals surface area contributed by atoms with Gasteiger partial charge in [0.1, 0.15) is 17.6 Å². The molecule has 10 rings (SSSR count). The highest BCUT2D eigenvalue weighted by Crippen LogP contribution is 2.60. The lowest BCUT2D eigenvalue weighted by atomic mass is 9.63. The Labute approximate surface area is 405 Å². The van der Waals surface area contributed by atoms with Crippen molar-refractivity contribution in [2.75, 3.05) is 37.4 Å². The van der Waals surface area contributed by atoms with Crippen LogP contribution in [0.3, 0.4) is 0 Å². The minimum Gasteiger partial charge on any atom is -0.495 e. The van der Waals surface area contributed by atoms with Gasteiger partial charge in [0, 0.05) is 83.3 Å². The van der Waals surface area contributed by atoms with Crippen LogP contribution in [0.15, 0.2) is 72.8 Å². The first kappa shape index (κ1) is 45.8. The molecule has 4 aromatic rings. The first-order valence-electron chi connectivity index (χ1n) is 23.3. The number of carbonyl (C=O) groups is 5. The van der Waals surface area contributed by atoms with E-state index in [4.69, 9.17) is 27.9 Å². The highest BCUT2D eigenvalue weighted by Gasteiger charge is 2.62. The van der Waals surface area contributed by atoms with Gasteiger partial charge in [0.05, 0.1) is 23.9 Å². The number of carbonyl (C=O) groups excluding carboxylic acids is 5. The van der Waals surface area contributed by atoms with Gasteiger partial charge in [-0.3, -0.25) is 29.3 Å². The van der Waals surface area contributed by atoms with Gasteiger partial charge in [-0.1, -0.05) is 80.1 Å². The molecule has 1 aliphatic carbocycles. The van der Waals surface area contributed by atoms with Gasteiger partial charge < -0.3 is 30.5 Å². The number of amides is 5.